The van der Waals surface area contributed by atoms with Gasteiger partial charge in [0, 0.05) is 30.0 Å². The van der Waals surface area contributed by atoms with E-state index in [0.717, 1.165) is 60.2 Å². The van der Waals surface area contributed by atoms with Crippen LogP contribution in [-0.4, -0.2) is 41.6 Å². The summed E-state index contributed by atoms with van der Waals surface area (Å²) in [6.07, 6.45) is 5.39. The van der Waals surface area contributed by atoms with Crippen LogP contribution in [0, 0.1) is 5.92 Å². The van der Waals surface area contributed by atoms with Gasteiger partial charge in [-0.05, 0) is 31.1 Å². The van der Waals surface area contributed by atoms with Crippen LogP contribution in [0.2, 0.25) is 0 Å². The van der Waals surface area contributed by atoms with Crippen molar-refractivity contribution in [1.82, 2.24) is 0 Å². The topological polar surface area (TPSA) is 49.3 Å². The third kappa shape index (κ3) is 1.55. The van der Waals surface area contributed by atoms with E-state index in [2.05, 4.69) is 31.3 Å². The average Bonchev–Trinajstić information content (AvgIpc) is 3.17. The summed E-state index contributed by atoms with van der Waals surface area (Å²) in [5, 5.41) is 13.9. The van der Waals surface area contributed by atoms with E-state index in [1.807, 2.05) is 6.07 Å². The highest BCUT2D eigenvalue weighted by Gasteiger charge is 2.68. The lowest BCUT2D eigenvalue weighted by Gasteiger charge is -2.53. The predicted octanol–water partition coefficient (Wildman–Crippen LogP) is 3.10. The molecule has 2 N–H and O–H groups in total. The standard InChI is InChI=1S/C21H24N2O2/c1-3-13-11-23(4-2)9-8-21-16-6-5-7-17(25)19(16)22-20(21)15(12-24)14(13)10-18(21)23/h3,5-7,12,14,18H,4,8-11H2,1-2H3,(H-,22,24,25)/p+1/b13-3+/t14-,18-,21+,23-/m0/s1. The Balaban J connectivity index is 1.85. The number of nitrogens with one attached hydrogen (secondary N) is 1. The van der Waals surface area contributed by atoms with Crippen molar-refractivity contribution in [3.05, 3.63) is 46.7 Å². The number of allylic oxidation sites excluding steroid dienone is 2. The minimum Gasteiger partial charge on any atom is -0.506 e. The summed E-state index contributed by atoms with van der Waals surface area (Å²) in [6.45, 7) is 7.72. The second kappa shape index (κ2) is 4.76. The summed E-state index contributed by atoms with van der Waals surface area (Å²) in [5.41, 5.74) is 5.29. The van der Waals surface area contributed by atoms with Crippen molar-refractivity contribution in [3.63, 3.8) is 0 Å². The molecule has 2 saturated heterocycles. The Morgan fingerprint density at radius 3 is 3.00 bits per heavy atom. The first-order chi connectivity index (χ1) is 12.1. The van der Waals surface area contributed by atoms with Crippen molar-refractivity contribution >= 4 is 12.0 Å². The minimum absolute atomic E-state index is 0.129. The maximum Gasteiger partial charge on any atom is 0.148 e. The number of rotatable bonds is 2. The van der Waals surface area contributed by atoms with E-state index in [1.54, 1.807) is 6.07 Å². The number of anilines is 1. The van der Waals surface area contributed by atoms with E-state index < -0.39 is 0 Å². The van der Waals surface area contributed by atoms with Crippen LogP contribution in [0.15, 0.2) is 41.1 Å². The molecule has 25 heavy (non-hydrogen) atoms. The Kier molecular flexibility index (Phi) is 2.89. The number of phenolic OH excluding ortho intramolecular Hbond substituents is 1. The zero-order valence-corrected chi connectivity index (χ0v) is 14.9. The summed E-state index contributed by atoms with van der Waals surface area (Å²) in [6, 6.07) is 6.32. The van der Waals surface area contributed by atoms with Crippen molar-refractivity contribution in [2.75, 3.05) is 25.0 Å². The van der Waals surface area contributed by atoms with Crippen molar-refractivity contribution in [1.29, 1.82) is 0 Å². The number of benzene rings is 1. The molecule has 0 unspecified atom stereocenters. The number of piperidine rings is 1. The van der Waals surface area contributed by atoms with Gasteiger partial charge >= 0.3 is 0 Å². The number of carbonyl (C=O) groups excluding carboxylic acids is 1. The maximum absolute atomic E-state index is 12.1. The molecule has 130 valence electrons. The third-order valence-corrected chi connectivity index (χ3v) is 7.60. The number of para-hydroxylation sites is 1. The summed E-state index contributed by atoms with van der Waals surface area (Å²) in [7, 11) is 0. The van der Waals surface area contributed by atoms with Crippen molar-refractivity contribution in [2.45, 2.75) is 38.1 Å². The van der Waals surface area contributed by atoms with Gasteiger partial charge in [0.1, 0.15) is 24.6 Å². The minimum atomic E-state index is -0.129. The summed E-state index contributed by atoms with van der Waals surface area (Å²) in [5.74, 6) is 0.525. The van der Waals surface area contributed by atoms with E-state index in [1.165, 1.54) is 11.1 Å². The van der Waals surface area contributed by atoms with Gasteiger partial charge in [-0.1, -0.05) is 18.2 Å². The first-order valence-corrected chi connectivity index (χ1v) is 9.41. The molecule has 0 aromatic heterocycles. The normalized spacial score (nSPS) is 39.2. The van der Waals surface area contributed by atoms with Crippen molar-refractivity contribution in [2.24, 2.45) is 5.92 Å². The number of hydrogen-bond acceptors (Lipinski definition) is 3. The zero-order chi connectivity index (χ0) is 17.4. The fourth-order valence-corrected chi connectivity index (χ4v) is 6.43. The molecule has 0 saturated carbocycles. The highest BCUT2D eigenvalue weighted by molar-refractivity contribution is 5.85. The van der Waals surface area contributed by atoms with Crippen molar-refractivity contribution < 1.29 is 14.4 Å². The molecule has 3 aliphatic heterocycles. The van der Waals surface area contributed by atoms with Crippen LogP contribution >= 0.6 is 0 Å². The number of likely N-dealkylation sites (N-methyl/N-ethyl adjacent to an activating group) is 1. The highest BCUT2D eigenvalue weighted by Crippen LogP contribution is 2.64. The molecule has 0 radical (unpaired) electrons. The number of aldehydes is 1. The zero-order valence-electron chi connectivity index (χ0n) is 14.9. The molecule has 2 fully saturated rings. The molecule has 4 aliphatic rings. The molecule has 4 heteroatoms. The fourth-order valence-electron chi connectivity index (χ4n) is 6.43. The van der Waals surface area contributed by atoms with Gasteiger partial charge in [0.15, 0.2) is 0 Å². The molecule has 1 aliphatic carbocycles. The monoisotopic (exact) mass is 337 g/mol. The molecule has 3 heterocycles. The van der Waals surface area contributed by atoms with E-state index in [4.69, 9.17) is 0 Å². The Labute approximate surface area is 148 Å². The number of quaternary nitrogens is 1. The van der Waals surface area contributed by atoms with Gasteiger partial charge in [-0.2, -0.15) is 0 Å². The molecule has 4 nitrogen and oxygen atoms in total. The van der Waals surface area contributed by atoms with Crippen LogP contribution in [-0.2, 0) is 10.2 Å². The van der Waals surface area contributed by atoms with Crippen LogP contribution in [0.3, 0.4) is 0 Å². The Morgan fingerprint density at radius 2 is 2.28 bits per heavy atom. The molecule has 5 rings (SSSR count). The quantitative estimate of drug-likeness (QED) is 0.377. The van der Waals surface area contributed by atoms with E-state index in [0.29, 0.717) is 11.8 Å². The lowest BCUT2D eigenvalue weighted by molar-refractivity contribution is -0.940. The lowest BCUT2D eigenvalue weighted by atomic mass is 9.61. The number of phenols is 1. The number of carbonyl (C=O) groups is 1. The van der Waals surface area contributed by atoms with Crippen LogP contribution in [0.5, 0.6) is 5.75 Å². The molecule has 2 bridgehead atoms. The van der Waals surface area contributed by atoms with E-state index in [-0.39, 0.29) is 11.3 Å². The first kappa shape index (κ1) is 15.2. The van der Waals surface area contributed by atoms with Crippen molar-refractivity contribution in [3.8, 4) is 5.75 Å². The third-order valence-electron chi connectivity index (χ3n) is 7.60. The number of hydrogen-bond donors (Lipinski definition) is 2. The molecule has 1 aromatic carbocycles. The molecule has 0 amide bonds. The predicted molar refractivity (Wildman–Crippen MR) is 97.3 cm³/mol. The summed E-state index contributed by atoms with van der Waals surface area (Å²) in [4.78, 5) is 12.1. The molecular weight excluding hydrogens is 312 g/mol. The van der Waals surface area contributed by atoms with Gasteiger partial charge in [-0.3, -0.25) is 4.79 Å². The van der Waals surface area contributed by atoms with Crippen LogP contribution < -0.4 is 5.32 Å². The Bertz CT molecular complexity index is 855. The summed E-state index contributed by atoms with van der Waals surface area (Å²) >= 11 is 0. The van der Waals surface area contributed by atoms with Crippen LogP contribution in [0.25, 0.3) is 0 Å². The smallest absolute Gasteiger partial charge is 0.148 e. The van der Waals surface area contributed by atoms with Gasteiger partial charge in [0.05, 0.1) is 24.2 Å². The number of nitrogens with zero attached hydrogens (tertiary/aromatic N) is 1. The fraction of sp³-hybridized carbons (Fsp3) is 0.476. The number of fused-ring (bicyclic) bond motifs is 2. The average molecular weight is 337 g/mol. The highest BCUT2D eigenvalue weighted by atomic mass is 16.3. The van der Waals surface area contributed by atoms with Crippen LogP contribution in [0.4, 0.5) is 5.69 Å². The maximum atomic E-state index is 12.1. The number of aromatic hydroxyl groups is 1. The second-order valence-electron chi connectivity index (χ2n) is 8.08. The van der Waals surface area contributed by atoms with Gasteiger partial charge in [0.2, 0.25) is 0 Å². The molecular formula is C21H25N2O2+. The van der Waals surface area contributed by atoms with Gasteiger partial charge in [-0.25, -0.2) is 0 Å². The van der Waals surface area contributed by atoms with Crippen LogP contribution in [0.1, 0.15) is 32.3 Å². The van der Waals surface area contributed by atoms with Gasteiger partial charge < -0.3 is 14.9 Å². The largest absolute Gasteiger partial charge is 0.506 e. The Hall–Kier alpha value is -2.07. The second-order valence-corrected chi connectivity index (χ2v) is 8.08. The molecule has 1 spiro atoms. The van der Waals surface area contributed by atoms with Gasteiger partial charge in [-0.15, -0.1) is 0 Å². The SMILES string of the molecule is C/C=C1\C[N@+]2(CC)CC[C@]34C(=C(C=O)[C@H]1C[C@@H]32)Nc1c(O)cccc14. The summed E-state index contributed by atoms with van der Waals surface area (Å²) < 4.78 is 1.11. The molecule has 4 atom stereocenters. The lowest BCUT2D eigenvalue weighted by Crippen LogP contribution is -2.63. The van der Waals surface area contributed by atoms with Gasteiger partial charge in [0.25, 0.3) is 0 Å². The first-order valence-electron chi connectivity index (χ1n) is 9.41. The van der Waals surface area contributed by atoms with E-state index in [9.17, 15) is 9.90 Å². The van der Waals surface area contributed by atoms with E-state index >= 15 is 0 Å². The molecule has 1 aromatic rings. The Morgan fingerprint density at radius 1 is 1.44 bits per heavy atom.